The van der Waals surface area contributed by atoms with E-state index in [-0.39, 0.29) is 0 Å². The average Bonchev–Trinajstić information content (AvgIpc) is 2.90. The van der Waals surface area contributed by atoms with Crippen molar-refractivity contribution < 1.29 is 4.42 Å². The van der Waals surface area contributed by atoms with Gasteiger partial charge in [-0.25, -0.2) is 9.97 Å². The standard InChI is InChI=1S/C13H12BrN3OS/c1-7-8(2)18-12(16-7)6-15-13-17-10-5-9(14)3-4-11(10)19-13/h3-5H,6H2,1-2H3,(H,15,17). The lowest BCUT2D eigenvalue weighted by Gasteiger charge is -1.96. The van der Waals surface area contributed by atoms with Crippen LogP contribution in [0, 0.1) is 13.8 Å². The summed E-state index contributed by atoms with van der Waals surface area (Å²) in [4.78, 5) is 8.86. The first-order valence-corrected chi connectivity index (χ1v) is 7.45. The maximum atomic E-state index is 5.52. The zero-order chi connectivity index (χ0) is 13.4. The first kappa shape index (κ1) is 12.6. The molecule has 0 fully saturated rings. The van der Waals surface area contributed by atoms with Crippen molar-refractivity contribution in [3.63, 3.8) is 0 Å². The quantitative estimate of drug-likeness (QED) is 0.775. The highest BCUT2D eigenvalue weighted by Gasteiger charge is 2.07. The molecular formula is C13H12BrN3OS. The summed E-state index contributed by atoms with van der Waals surface area (Å²) in [6.45, 7) is 4.41. The first-order chi connectivity index (χ1) is 9.11. The Balaban J connectivity index is 1.78. The van der Waals surface area contributed by atoms with E-state index < -0.39 is 0 Å². The van der Waals surface area contributed by atoms with E-state index in [0.29, 0.717) is 12.4 Å². The number of aryl methyl sites for hydroxylation is 2. The summed E-state index contributed by atoms with van der Waals surface area (Å²) < 4.78 is 7.72. The normalized spacial score (nSPS) is 11.1. The summed E-state index contributed by atoms with van der Waals surface area (Å²) in [5.74, 6) is 1.56. The highest BCUT2D eigenvalue weighted by molar-refractivity contribution is 9.10. The first-order valence-electron chi connectivity index (χ1n) is 5.85. The van der Waals surface area contributed by atoms with Crippen molar-refractivity contribution in [2.45, 2.75) is 20.4 Å². The summed E-state index contributed by atoms with van der Waals surface area (Å²) >= 11 is 5.07. The molecule has 0 unspecified atom stereocenters. The van der Waals surface area contributed by atoms with Gasteiger partial charge in [0.2, 0.25) is 5.89 Å². The predicted octanol–water partition coefficient (Wildman–Crippen LogP) is 4.28. The largest absolute Gasteiger partial charge is 0.444 e. The number of oxazole rings is 1. The molecule has 0 atom stereocenters. The summed E-state index contributed by atoms with van der Waals surface area (Å²) in [6.07, 6.45) is 0. The second kappa shape index (κ2) is 4.94. The third-order valence-electron chi connectivity index (χ3n) is 2.81. The molecular weight excluding hydrogens is 326 g/mol. The number of thiazole rings is 1. The van der Waals surface area contributed by atoms with Gasteiger partial charge in [0.05, 0.1) is 22.5 Å². The number of anilines is 1. The van der Waals surface area contributed by atoms with Crippen LogP contribution in [0.5, 0.6) is 0 Å². The van der Waals surface area contributed by atoms with E-state index in [1.807, 2.05) is 26.0 Å². The fraction of sp³-hybridized carbons (Fsp3) is 0.231. The van der Waals surface area contributed by atoms with Crippen LogP contribution >= 0.6 is 27.3 Å². The van der Waals surface area contributed by atoms with Gasteiger partial charge in [0, 0.05) is 4.47 Å². The smallest absolute Gasteiger partial charge is 0.214 e. The number of hydrogen-bond acceptors (Lipinski definition) is 5. The van der Waals surface area contributed by atoms with Gasteiger partial charge in [-0.1, -0.05) is 27.3 Å². The van der Waals surface area contributed by atoms with Crippen molar-refractivity contribution in [2.24, 2.45) is 0 Å². The third kappa shape index (κ3) is 2.64. The lowest BCUT2D eigenvalue weighted by atomic mass is 10.3. The van der Waals surface area contributed by atoms with E-state index >= 15 is 0 Å². The van der Waals surface area contributed by atoms with Gasteiger partial charge in [-0.15, -0.1) is 0 Å². The molecule has 6 heteroatoms. The predicted molar refractivity (Wildman–Crippen MR) is 80.6 cm³/mol. The lowest BCUT2D eigenvalue weighted by molar-refractivity contribution is 0.478. The van der Waals surface area contributed by atoms with Crippen molar-refractivity contribution in [1.82, 2.24) is 9.97 Å². The van der Waals surface area contributed by atoms with Gasteiger partial charge >= 0.3 is 0 Å². The highest BCUT2D eigenvalue weighted by atomic mass is 79.9. The van der Waals surface area contributed by atoms with Crippen LogP contribution < -0.4 is 5.32 Å². The Hall–Kier alpha value is -1.40. The number of rotatable bonds is 3. The second-order valence-electron chi connectivity index (χ2n) is 4.23. The molecule has 3 aromatic rings. The van der Waals surface area contributed by atoms with Gasteiger partial charge in [0.25, 0.3) is 0 Å². The van der Waals surface area contributed by atoms with Crippen molar-refractivity contribution >= 4 is 42.6 Å². The third-order valence-corrected chi connectivity index (χ3v) is 4.30. The van der Waals surface area contributed by atoms with Crippen LogP contribution in [-0.2, 0) is 6.54 Å². The summed E-state index contributed by atoms with van der Waals surface area (Å²) in [6, 6.07) is 6.09. The molecule has 1 N–H and O–H groups in total. The van der Waals surface area contributed by atoms with Crippen LogP contribution in [-0.4, -0.2) is 9.97 Å². The minimum atomic E-state index is 0.551. The van der Waals surface area contributed by atoms with E-state index in [2.05, 4.69) is 37.3 Å². The minimum Gasteiger partial charge on any atom is -0.444 e. The number of aromatic nitrogens is 2. The fourth-order valence-electron chi connectivity index (χ4n) is 1.74. The zero-order valence-electron chi connectivity index (χ0n) is 10.5. The molecule has 19 heavy (non-hydrogen) atoms. The van der Waals surface area contributed by atoms with Gasteiger partial charge < -0.3 is 9.73 Å². The van der Waals surface area contributed by atoms with Gasteiger partial charge in [0.1, 0.15) is 5.76 Å². The molecule has 2 heterocycles. The second-order valence-corrected chi connectivity index (χ2v) is 6.18. The van der Waals surface area contributed by atoms with Crippen molar-refractivity contribution in [3.8, 4) is 0 Å². The van der Waals surface area contributed by atoms with Crippen molar-refractivity contribution in [3.05, 3.63) is 40.0 Å². The van der Waals surface area contributed by atoms with Crippen LogP contribution in [0.1, 0.15) is 17.3 Å². The van der Waals surface area contributed by atoms with E-state index in [4.69, 9.17) is 4.42 Å². The molecule has 0 radical (unpaired) electrons. The molecule has 2 aromatic heterocycles. The number of benzene rings is 1. The molecule has 0 aliphatic heterocycles. The fourth-order valence-corrected chi connectivity index (χ4v) is 2.93. The number of halogens is 1. The number of hydrogen-bond donors (Lipinski definition) is 1. The van der Waals surface area contributed by atoms with Crippen molar-refractivity contribution in [2.75, 3.05) is 5.32 Å². The lowest BCUT2D eigenvalue weighted by Crippen LogP contribution is -1.98. The Bertz CT molecular complexity index is 715. The van der Waals surface area contributed by atoms with Crippen LogP contribution in [0.2, 0.25) is 0 Å². The van der Waals surface area contributed by atoms with E-state index in [9.17, 15) is 0 Å². The molecule has 0 saturated carbocycles. The number of nitrogens with zero attached hydrogens (tertiary/aromatic N) is 2. The molecule has 0 aliphatic carbocycles. The van der Waals surface area contributed by atoms with Gasteiger partial charge in [-0.05, 0) is 32.0 Å². The Kier molecular flexibility index (Phi) is 3.28. The SMILES string of the molecule is Cc1nc(CNc2nc3cc(Br)ccc3s2)oc1C. The molecule has 1 aromatic carbocycles. The maximum absolute atomic E-state index is 5.52. The zero-order valence-corrected chi connectivity index (χ0v) is 12.9. The van der Waals surface area contributed by atoms with Crippen LogP contribution in [0.3, 0.4) is 0 Å². The number of fused-ring (bicyclic) bond motifs is 1. The molecule has 3 rings (SSSR count). The molecule has 0 aliphatic rings. The van der Waals surface area contributed by atoms with E-state index in [1.54, 1.807) is 11.3 Å². The molecule has 0 spiro atoms. The summed E-state index contributed by atoms with van der Waals surface area (Å²) in [5.41, 5.74) is 1.92. The van der Waals surface area contributed by atoms with E-state index in [0.717, 1.165) is 31.3 Å². The Morgan fingerprint density at radius 2 is 2.16 bits per heavy atom. The average molecular weight is 338 g/mol. The topological polar surface area (TPSA) is 51.0 Å². The molecule has 0 amide bonds. The monoisotopic (exact) mass is 337 g/mol. The molecule has 0 bridgehead atoms. The van der Waals surface area contributed by atoms with Gasteiger partial charge in [-0.2, -0.15) is 0 Å². The van der Waals surface area contributed by atoms with Crippen LogP contribution in [0.15, 0.2) is 27.1 Å². The maximum Gasteiger partial charge on any atom is 0.214 e. The van der Waals surface area contributed by atoms with Gasteiger partial charge in [-0.3, -0.25) is 0 Å². The van der Waals surface area contributed by atoms with Crippen molar-refractivity contribution in [1.29, 1.82) is 0 Å². The minimum absolute atomic E-state index is 0.551. The van der Waals surface area contributed by atoms with E-state index in [1.165, 1.54) is 0 Å². The van der Waals surface area contributed by atoms with Gasteiger partial charge in [0.15, 0.2) is 5.13 Å². The Labute approximate surface area is 123 Å². The number of nitrogens with one attached hydrogen (secondary N) is 1. The molecule has 4 nitrogen and oxygen atoms in total. The molecule has 98 valence electrons. The summed E-state index contributed by atoms with van der Waals surface area (Å²) in [5, 5.41) is 4.12. The Morgan fingerprint density at radius 3 is 2.89 bits per heavy atom. The van der Waals surface area contributed by atoms with Crippen LogP contribution in [0.25, 0.3) is 10.2 Å². The molecule has 0 saturated heterocycles. The highest BCUT2D eigenvalue weighted by Crippen LogP contribution is 2.28. The van der Waals surface area contributed by atoms with Crippen LogP contribution in [0.4, 0.5) is 5.13 Å². The summed E-state index contributed by atoms with van der Waals surface area (Å²) in [7, 11) is 0. The Morgan fingerprint density at radius 1 is 1.32 bits per heavy atom.